The second kappa shape index (κ2) is 12.0. The second-order valence-electron chi connectivity index (χ2n) is 8.80. The molecule has 0 bridgehead atoms. The van der Waals surface area contributed by atoms with Gasteiger partial charge in [-0.2, -0.15) is 0 Å². The molecule has 1 atom stereocenters. The number of carbonyl (C=O) groups is 2. The fraction of sp³-hybridized carbons (Fsp3) is 0.207. The lowest BCUT2D eigenvalue weighted by atomic mass is 10.1. The number of aromatic nitrogens is 1. The summed E-state index contributed by atoms with van der Waals surface area (Å²) >= 11 is 0. The Kier molecular flexibility index (Phi) is 8.27. The monoisotopic (exact) mass is 516 g/mol. The van der Waals surface area contributed by atoms with Crippen molar-refractivity contribution in [3.63, 3.8) is 0 Å². The van der Waals surface area contributed by atoms with E-state index < -0.39 is 12.2 Å². The van der Waals surface area contributed by atoms with Gasteiger partial charge in [0.25, 0.3) is 0 Å². The first-order valence-electron chi connectivity index (χ1n) is 12.1. The zero-order valence-corrected chi connectivity index (χ0v) is 21.0. The van der Waals surface area contributed by atoms with E-state index in [-0.39, 0.29) is 6.10 Å². The van der Waals surface area contributed by atoms with E-state index in [2.05, 4.69) is 22.6 Å². The van der Waals surface area contributed by atoms with E-state index in [9.17, 15) is 4.79 Å². The van der Waals surface area contributed by atoms with Gasteiger partial charge in [0.1, 0.15) is 29.0 Å². The number of carbonyl (C=O) groups excluding carboxylic acids is 1. The van der Waals surface area contributed by atoms with Gasteiger partial charge in [0.05, 0.1) is 0 Å². The van der Waals surface area contributed by atoms with Gasteiger partial charge < -0.3 is 24.2 Å². The molecule has 1 amide bonds. The third kappa shape index (κ3) is 7.13. The van der Waals surface area contributed by atoms with Gasteiger partial charge in [0.2, 0.25) is 0 Å². The lowest BCUT2D eigenvalue weighted by molar-refractivity contribution is 0.121. The number of anilines is 1. The summed E-state index contributed by atoms with van der Waals surface area (Å²) in [5, 5.41) is 20.9. The fourth-order valence-electron chi connectivity index (χ4n) is 3.84. The number of aryl methyl sites for hydroxylation is 1. The number of hydrogen-bond acceptors (Lipinski definition) is 6. The summed E-state index contributed by atoms with van der Waals surface area (Å²) in [6.07, 6.45) is -0.230. The smallest absolute Gasteiger partial charge is 0.457 e. The van der Waals surface area contributed by atoms with Gasteiger partial charge >= 0.3 is 12.2 Å². The Balaban J connectivity index is 0.000000786. The van der Waals surface area contributed by atoms with Crippen LogP contribution in [0.15, 0.2) is 83.4 Å². The van der Waals surface area contributed by atoms with Gasteiger partial charge in [-0.3, -0.25) is 5.32 Å². The number of carboxylic acid groups (broad SMARTS) is 2. The average molecular weight is 517 g/mol. The summed E-state index contributed by atoms with van der Waals surface area (Å²) in [6.45, 7) is 3.57. The Morgan fingerprint density at radius 3 is 2.11 bits per heavy atom. The topological polar surface area (TPSA) is 131 Å². The van der Waals surface area contributed by atoms with Crippen molar-refractivity contribution in [3.8, 4) is 22.8 Å². The van der Waals surface area contributed by atoms with Gasteiger partial charge in [-0.05, 0) is 80.1 Å². The number of hydrogen-bond donors (Lipinski definition) is 3. The molecule has 0 radical (unpaired) electrons. The molecule has 1 aromatic heterocycles. The minimum atomic E-state index is -1.83. The van der Waals surface area contributed by atoms with Gasteiger partial charge in [0.15, 0.2) is 5.76 Å². The molecule has 1 aliphatic carbocycles. The number of ether oxygens (including phenoxy) is 2. The number of amides is 1. The quantitative estimate of drug-likeness (QED) is 0.226. The van der Waals surface area contributed by atoms with Crippen LogP contribution in [-0.2, 0) is 4.74 Å². The Bertz CT molecular complexity index is 1360. The molecule has 0 spiro atoms. The van der Waals surface area contributed by atoms with E-state index in [4.69, 9.17) is 29.0 Å². The molecule has 0 saturated heterocycles. The van der Waals surface area contributed by atoms with Crippen molar-refractivity contribution in [2.45, 2.75) is 38.7 Å². The summed E-state index contributed by atoms with van der Waals surface area (Å²) in [6, 6.07) is 25.4. The van der Waals surface area contributed by atoms with Crippen LogP contribution in [0.2, 0.25) is 0 Å². The average Bonchev–Trinajstić information content (AvgIpc) is 3.69. The molecule has 0 aliphatic heterocycles. The van der Waals surface area contributed by atoms with Crippen LogP contribution in [-0.4, -0.2) is 27.6 Å². The van der Waals surface area contributed by atoms with Crippen LogP contribution in [0.25, 0.3) is 11.3 Å². The van der Waals surface area contributed by atoms with E-state index in [1.807, 2.05) is 73.7 Å². The van der Waals surface area contributed by atoms with Crippen molar-refractivity contribution in [1.82, 2.24) is 5.16 Å². The molecule has 38 heavy (non-hydrogen) atoms. The Morgan fingerprint density at radius 2 is 1.53 bits per heavy atom. The van der Waals surface area contributed by atoms with E-state index in [0.717, 1.165) is 22.8 Å². The molecule has 4 aromatic rings. The van der Waals surface area contributed by atoms with Gasteiger partial charge in [0, 0.05) is 5.56 Å². The van der Waals surface area contributed by atoms with Crippen molar-refractivity contribution >= 4 is 17.9 Å². The van der Waals surface area contributed by atoms with Crippen LogP contribution < -0.4 is 10.1 Å². The summed E-state index contributed by atoms with van der Waals surface area (Å²) in [7, 11) is 0. The number of rotatable bonds is 7. The van der Waals surface area contributed by atoms with E-state index in [1.54, 1.807) is 6.92 Å². The largest absolute Gasteiger partial charge is 0.503 e. The van der Waals surface area contributed by atoms with Crippen LogP contribution >= 0.6 is 0 Å². The predicted molar refractivity (Wildman–Crippen MR) is 141 cm³/mol. The number of nitrogens with one attached hydrogen (secondary N) is 1. The Labute approximate surface area is 219 Å². The lowest BCUT2D eigenvalue weighted by Crippen LogP contribution is -2.16. The fourth-order valence-corrected chi connectivity index (χ4v) is 3.84. The molecule has 5 rings (SSSR count). The SMILES string of the molecule is Cc1onc(-c2ccc(Oc3ccc(C4CC4)cc3)cc2)c1NC(=O)OC(C)c1ccccc1.O=C(O)O. The van der Waals surface area contributed by atoms with Crippen LogP contribution in [0.3, 0.4) is 0 Å². The van der Waals surface area contributed by atoms with Gasteiger partial charge in [-0.1, -0.05) is 47.6 Å². The third-order valence-corrected chi connectivity index (χ3v) is 5.93. The van der Waals surface area contributed by atoms with Crippen LogP contribution in [0.4, 0.5) is 15.3 Å². The zero-order chi connectivity index (χ0) is 27.1. The zero-order valence-electron chi connectivity index (χ0n) is 21.0. The normalized spacial score (nSPS) is 13.0. The molecule has 3 aromatic carbocycles. The first-order valence-corrected chi connectivity index (χ1v) is 12.1. The molecule has 196 valence electrons. The molecule has 9 nitrogen and oxygen atoms in total. The Hall–Kier alpha value is -4.79. The maximum Gasteiger partial charge on any atom is 0.503 e. The van der Waals surface area contributed by atoms with Gasteiger partial charge in [-0.15, -0.1) is 0 Å². The standard InChI is InChI=1S/C28H26N2O4.CH2O3/c1-18(20-6-4-3-5-7-20)32-28(31)29-26-19(2)34-30-27(26)23-12-16-25(17-13-23)33-24-14-10-22(11-15-24)21-8-9-21;2-1(3)4/h3-7,10-18,21H,8-9H2,1-2H3,(H,29,31);(H2,2,3,4). The molecular weight excluding hydrogens is 488 g/mol. The second-order valence-corrected chi connectivity index (χ2v) is 8.80. The van der Waals surface area contributed by atoms with Crippen LogP contribution in [0, 0.1) is 6.92 Å². The summed E-state index contributed by atoms with van der Waals surface area (Å²) < 4.78 is 16.9. The highest BCUT2D eigenvalue weighted by atomic mass is 16.6. The van der Waals surface area contributed by atoms with Gasteiger partial charge in [-0.25, -0.2) is 9.59 Å². The highest BCUT2D eigenvalue weighted by molar-refractivity contribution is 5.91. The number of benzene rings is 3. The molecule has 1 saturated carbocycles. The van der Waals surface area contributed by atoms with E-state index >= 15 is 0 Å². The predicted octanol–water partition coefficient (Wildman–Crippen LogP) is 7.85. The minimum absolute atomic E-state index is 0.389. The summed E-state index contributed by atoms with van der Waals surface area (Å²) in [4.78, 5) is 21.1. The molecule has 3 N–H and O–H groups in total. The maximum atomic E-state index is 12.5. The van der Waals surface area contributed by atoms with Crippen LogP contribution in [0.5, 0.6) is 11.5 Å². The molecule has 9 heteroatoms. The third-order valence-electron chi connectivity index (χ3n) is 5.93. The minimum Gasteiger partial charge on any atom is -0.457 e. The maximum absolute atomic E-state index is 12.5. The van der Waals surface area contributed by atoms with Crippen molar-refractivity contribution in [2.24, 2.45) is 0 Å². The van der Waals surface area contributed by atoms with Crippen LogP contribution in [0.1, 0.15) is 48.7 Å². The van der Waals surface area contributed by atoms with E-state index in [1.165, 1.54) is 18.4 Å². The first kappa shape index (κ1) is 26.3. The molecule has 1 aliphatic rings. The van der Waals surface area contributed by atoms with Crippen molar-refractivity contribution in [2.75, 3.05) is 5.32 Å². The summed E-state index contributed by atoms with van der Waals surface area (Å²) in [5.41, 5.74) is 4.09. The highest BCUT2D eigenvalue weighted by Crippen LogP contribution is 2.40. The molecule has 1 heterocycles. The van der Waals surface area contributed by atoms with Crippen molar-refractivity contribution in [1.29, 1.82) is 0 Å². The lowest BCUT2D eigenvalue weighted by Gasteiger charge is -2.14. The number of nitrogens with zero attached hydrogens (tertiary/aromatic N) is 1. The highest BCUT2D eigenvalue weighted by Gasteiger charge is 2.23. The Morgan fingerprint density at radius 1 is 0.947 bits per heavy atom. The molecule has 1 unspecified atom stereocenters. The molecule has 1 fully saturated rings. The van der Waals surface area contributed by atoms with Crippen molar-refractivity contribution in [3.05, 3.63) is 95.7 Å². The molecular formula is C29H28N2O7. The first-order chi connectivity index (χ1) is 18.3. The summed E-state index contributed by atoms with van der Waals surface area (Å²) in [5.74, 6) is 2.73. The van der Waals surface area contributed by atoms with Crippen molar-refractivity contribution < 1.29 is 33.8 Å². The van der Waals surface area contributed by atoms with E-state index in [0.29, 0.717) is 22.9 Å².